The van der Waals surface area contributed by atoms with Gasteiger partial charge in [0.2, 0.25) is 11.8 Å². The highest BCUT2D eigenvalue weighted by atomic mass is 35.5. The molecule has 0 fully saturated rings. The summed E-state index contributed by atoms with van der Waals surface area (Å²) < 4.78 is 0. The van der Waals surface area contributed by atoms with Crippen molar-refractivity contribution in [3.63, 3.8) is 0 Å². The number of carbonyl (C=O) groups excluding carboxylic acids is 2. The van der Waals surface area contributed by atoms with Crippen molar-refractivity contribution in [2.24, 2.45) is 5.92 Å². The van der Waals surface area contributed by atoms with Gasteiger partial charge >= 0.3 is 0 Å². The monoisotopic (exact) mass is 534 g/mol. The van der Waals surface area contributed by atoms with Gasteiger partial charge in [0.1, 0.15) is 6.04 Å². The minimum absolute atomic E-state index is 0.170. The molecule has 0 radical (unpaired) electrons. The SMILES string of the molecule is CC(C)CNC(=O)[C@@H](C)N(Cc1ccc(Cl)c(Cl)c1)C(=O)CSCc1c(Cl)cccc1Cl. The Morgan fingerprint density at radius 3 is 2.22 bits per heavy atom. The van der Waals surface area contributed by atoms with Crippen LogP contribution in [0.5, 0.6) is 0 Å². The molecule has 32 heavy (non-hydrogen) atoms. The number of benzene rings is 2. The predicted octanol–water partition coefficient (Wildman–Crippen LogP) is 6.72. The molecule has 0 bridgehead atoms. The van der Waals surface area contributed by atoms with Crippen LogP contribution in [0, 0.1) is 5.92 Å². The molecule has 0 saturated carbocycles. The summed E-state index contributed by atoms with van der Waals surface area (Å²) in [7, 11) is 0. The van der Waals surface area contributed by atoms with Gasteiger partial charge in [-0.25, -0.2) is 0 Å². The van der Waals surface area contributed by atoms with E-state index in [0.717, 1.165) is 11.1 Å². The van der Waals surface area contributed by atoms with Crippen molar-refractivity contribution in [2.45, 2.75) is 39.1 Å². The zero-order chi connectivity index (χ0) is 23.8. The van der Waals surface area contributed by atoms with Gasteiger partial charge in [0.05, 0.1) is 15.8 Å². The molecule has 0 spiro atoms. The largest absolute Gasteiger partial charge is 0.354 e. The Hall–Kier alpha value is -1.11. The topological polar surface area (TPSA) is 49.4 Å². The van der Waals surface area contributed by atoms with Crippen molar-refractivity contribution >= 4 is 70.0 Å². The lowest BCUT2D eigenvalue weighted by atomic mass is 10.1. The predicted molar refractivity (Wildman–Crippen MR) is 137 cm³/mol. The van der Waals surface area contributed by atoms with E-state index in [1.54, 1.807) is 48.2 Å². The molecule has 2 amide bonds. The maximum Gasteiger partial charge on any atom is 0.242 e. The van der Waals surface area contributed by atoms with E-state index in [1.165, 1.54) is 11.8 Å². The van der Waals surface area contributed by atoms with E-state index in [4.69, 9.17) is 46.4 Å². The molecule has 0 aliphatic heterocycles. The van der Waals surface area contributed by atoms with Gasteiger partial charge in [0.25, 0.3) is 0 Å². The van der Waals surface area contributed by atoms with E-state index < -0.39 is 6.04 Å². The van der Waals surface area contributed by atoms with Gasteiger partial charge in [0, 0.05) is 28.9 Å². The summed E-state index contributed by atoms with van der Waals surface area (Å²) >= 11 is 26.0. The molecular weight excluding hydrogens is 510 g/mol. The van der Waals surface area contributed by atoms with E-state index in [0.29, 0.717) is 38.3 Å². The molecule has 1 atom stereocenters. The summed E-state index contributed by atoms with van der Waals surface area (Å²) in [5.41, 5.74) is 1.57. The highest BCUT2D eigenvalue weighted by Crippen LogP contribution is 2.29. The van der Waals surface area contributed by atoms with Crippen molar-refractivity contribution < 1.29 is 9.59 Å². The van der Waals surface area contributed by atoms with Crippen molar-refractivity contribution in [1.29, 1.82) is 0 Å². The third kappa shape index (κ3) is 8.03. The van der Waals surface area contributed by atoms with Crippen LogP contribution in [0.4, 0.5) is 0 Å². The first-order valence-electron chi connectivity index (χ1n) is 10.1. The second-order valence-electron chi connectivity index (χ2n) is 7.78. The molecule has 0 unspecified atom stereocenters. The molecule has 9 heteroatoms. The van der Waals surface area contributed by atoms with Crippen LogP contribution in [-0.2, 0) is 21.9 Å². The molecule has 174 valence electrons. The number of hydrogen-bond donors (Lipinski definition) is 1. The van der Waals surface area contributed by atoms with Gasteiger partial charge in [0.15, 0.2) is 0 Å². The molecule has 4 nitrogen and oxygen atoms in total. The Balaban J connectivity index is 2.13. The quantitative estimate of drug-likeness (QED) is 0.367. The minimum Gasteiger partial charge on any atom is -0.354 e. The van der Waals surface area contributed by atoms with Gasteiger partial charge in [-0.15, -0.1) is 11.8 Å². The molecule has 0 saturated heterocycles. The highest BCUT2D eigenvalue weighted by Gasteiger charge is 2.26. The molecule has 0 aliphatic rings. The minimum atomic E-state index is -0.653. The first-order valence-corrected chi connectivity index (χ1v) is 12.8. The van der Waals surface area contributed by atoms with Crippen molar-refractivity contribution in [3.8, 4) is 0 Å². The average Bonchev–Trinajstić information content (AvgIpc) is 2.74. The van der Waals surface area contributed by atoms with E-state index in [1.807, 2.05) is 13.8 Å². The molecule has 0 aliphatic carbocycles. The lowest BCUT2D eigenvalue weighted by Gasteiger charge is -2.29. The van der Waals surface area contributed by atoms with E-state index in [9.17, 15) is 9.59 Å². The van der Waals surface area contributed by atoms with E-state index in [2.05, 4.69) is 5.32 Å². The third-order valence-corrected chi connectivity index (χ3v) is 7.11. The van der Waals surface area contributed by atoms with Crippen LogP contribution in [-0.4, -0.2) is 35.1 Å². The summed E-state index contributed by atoms with van der Waals surface area (Å²) in [4.78, 5) is 27.4. The smallest absolute Gasteiger partial charge is 0.242 e. The number of nitrogens with zero attached hydrogens (tertiary/aromatic N) is 1. The zero-order valence-electron chi connectivity index (χ0n) is 18.1. The molecular formula is C23H26Cl4N2O2S. The number of rotatable bonds is 10. The van der Waals surface area contributed by atoms with Crippen LogP contribution in [0.25, 0.3) is 0 Å². The Morgan fingerprint density at radius 2 is 1.62 bits per heavy atom. The Morgan fingerprint density at radius 1 is 0.969 bits per heavy atom. The fourth-order valence-corrected chi connectivity index (χ4v) is 4.83. The summed E-state index contributed by atoms with van der Waals surface area (Å²) in [5, 5.41) is 4.85. The van der Waals surface area contributed by atoms with Crippen LogP contribution in [0.15, 0.2) is 36.4 Å². The Labute approximate surface area is 213 Å². The highest BCUT2D eigenvalue weighted by molar-refractivity contribution is 7.99. The van der Waals surface area contributed by atoms with Gasteiger partial charge < -0.3 is 10.2 Å². The molecule has 2 aromatic carbocycles. The number of thioether (sulfide) groups is 1. The van der Waals surface area contributed by atoms with Crippen LogP contribution >= 0.6 is 58.2 Å². The molecule has 2 aromatic rings. The lowest BCUT2D eigenvalue weighted by molar-refractivity contribution is -0.138. The molecule has 2 rings (SSSR count). The van der Waals surface area contributed by atoms with Gasteiger partial charge in [-0.2, -0.15) is 0 Å². The average molecular weight is 536 g/mol. The summed E-state index contributed by atoms with van der Waals surface area (Å²) in [6.07, 6.45) is 0. The number of carbonyl (C=O) groups is 2. The summed E-state index contributed by atoms with van der Waals surface area (Å²) in [6, 6.07) is 9.84. The fourth-order valence-electron chi connectivity index (χ4n) is 2.86. The van der Waals surface area contributed by atoms with Gasteiger partial charge in [-0.1, -0.05) is 72.4 Å². The Kier molecular flexibility index (Phi) is 11.0. The molecule has 0 heterocycles. The molecule has 1 N–H and O–H groups in total. The normalized spacial score (nSPS) is 12.0. The van der Waals surface area contributed by atoms with Crippen LogP contribution in [0.1, 0.15) is 31.9 Å². The van der Waals surface area contributed by atoms with Crippen LogP contribution < -0.4 is 5.32 Å². The van der Waals surface area contributed by atoms with Gasteiger partial charge in [-0.05, 0) is 48.2 Å². The second-order valence-corrected chi connectivity index (χ2v) is 10.4. The maximum atomic E-state index is 13.1. The first kappa shape index (κ1) is 27.1. The van der Waals surface area contributed by atoms with Gasteiger partial charge in [-0.3, -0.25) is 9.59 Å². The maximum absolute atomic E-state index is 13.1. The number of amides is 2. The van der Waals surface area contributed by atoms with E-state index >= 15 is 0 Å². The first-order chi connectivity index (χ1) is 15.1. The van der Waals surface area contributed by atoms with Crippen molar-refractivity contribution in [3.05, 3.63) is 67.6 Å². The molecule has 0 aromatic heterocycles. The number of hydrogen-bond acceptors (Lipinski definition) is 3. The zero-order valence-corrected chi connectivity index (χ0v) is 22.0. The van der Waals surface area contributed by atoms with E-state index in [-0.39, 0.29) is 24.1 Å². The summed E-state index contributed by atoms with van der Waals surface area (Å²) in [5.74, 6) is 0.590. The van der Waals surface area contributed by atoms with Crippen molar-refractivity contribution in [1.82, 2.24) is 10.2 Å². The number of halogens is 4. The third-order valence-electron chi connectivity index (χ3n) is 4.72. The van der Waals surface area contributed by atoms with Crippen molar-refractivity contribution in [2.75, 3.05) is 12.3 Å². The lowest BCUT2D eigenvalue weighted by Crippen LogP contribution is -2.48. The Bertz CT molecular complexity index is 935. The van der Waals surface area contributed by atoms with Crippen LogP contribution in [0.2, 0.25) is 20.1 Å². The van der Waals surface area contributed by atoms with Crippen LogP contribution in [0.3, 0.4) is 0 Å². The number of nitrogens with one attached hydrogen (secondary N) is 1. The summed E-state index contributed by atoms with van der Waals surface area (Å²) in [6.45, 7) is 6.53. The standard InChI is InChI=1S/C23H26Cl4N2O2S/c1-14(2)10-28-23(31)15(3)29(11-16-7-8-20(26)21(27)9-16)22(30)13-32-12-17-18(24)5-4-6-19(17)25/h4-9,14-15H,10-13H2,1-3H3,(H,28,31)/t15-/m1/s1. The second kappa shape index (κ2) is 13.0. The fraction of sp³-hybridized carbons (Fsp3) is 0.391.